The van der Waals surface area contributed by atoms with E-state index in [2.05, 4.69) is 0 Å². The van der Waals surface area contributed by atoms with Crippen molar-refractivity contribution in [2.24, 2.45) is 0 Å². The van der Waals surface area contributed by atoms with Crippen LogP contribution in [0.4, 0.5) is 0 Å². The summed E-state index contributed by atoms with van der Waals surface area (Å²) in [5.74, 6) is 0.344. The van der Waals surface area contributed by atoms with Crippen LogP contribution in [0, 0.1) is 0 Å². The molecule has 2 aromatic carbocycles. The third-order valence-electron chi connectivity index (χ3n) is 5.13. The molecule has 0 radical (unpaired) electrons. The van der Waals surface area contributed by atoms with Crippen molar-refractivity contribution < 1.29 is 38.0 Å². The average Bonchev–Trinajstić information content (AvgIpc) is 3.60. The van der Waals surface area contributed by atoms with E-state index in [0.29, 0.717) is 22.6 Å². The van der Waals surface area contributed by atoms with E-state index < -0.39 is 36.4 Å². The highest BCUT2D eigenvalue weighted by Gasteiger charge is 2.51. The van der Waals surface area contributed by atoms with Gasteiger partial charge in [0.25, 0.3) is 0 Å². The molecule has 4 rings (SSSR count). The fourth-order valence-corrected chi connectivity index (χ4v) is 3.50. The number of carbonyl (C=O) groups is 2. The highest BCUT2D eigenvalue weighted by Crippen LogP contribution is 2.31. The Hall–Kier alpha value is -3.10. The normalized spacial score (nSPS) is 20.2. The molecule has 0 N–H and O–H groups in total. The lowest BCUT2D eigenvalue weighted by Gasteiger charge is -2.17. The predicted molar refractivity (Wildman–Crippen MR) is 149 cm³/mol. The largest absolute Gasteiger partial charge is 0.497 e. The number of hydrogen-bond acceptors (Lipinski definition) is 8. The molecule has 8 heteroatoms. The zero-order valence-electron chi connectivity index (χ0n) is 24.6. The minimum atomic E-state index is -0.575. The highest BCUT2D eigenvalue weighted by molar-refractivity contribution is 5.90. The summed E-state index contributed by atoms with van der Waals surface area (Å²) in [6.07, 6.45) is -2.12. The lowest BCUT2D eigenvalue weighted by atomic mass is 10.1. The van der Waals surface area contributed by atoms with Crippen LogP contribution in [0.1, 0.15) is 76.1 Å². The van der Waals surface area contributed by atoms with Crippen LogP contribution in [0.3, 0.4) is 0 Å². The second kappa shape index (κ2) is 19.9. The van der Waals surface area contributed by atoms with Gasteiger partial charge in [0.05, 0.1) is 38.6 Å². The van der Waals surface area contributed by atoms with Crippen molar-refractivity contribution in [3.8, 4) is 11.5 Å². The molecule has 0 spiro atoms. The molecule has 0 aliphatic carbocycles. The second-order valence-electron chi connectivity index (χ2n) is 6.94. The van der Waals surface area contributed by atoms with Crippen molar-refractivity contribution >= 4 is 11.9 Å². The first-order chi connectivity index (χ1) is 18.6. The van der Waals surface area contributed by atoms with Gasteiger partial charge in [-0.25, -0.2) is 9.59 Å². The second-order valence-corrected chi connectivity index (χ2v) is 6.94. The Bertz CT molecular complexity index is 820. The van der Waals surface area contributed by atoms with Crippen LogP contribution in [0.25, 0.3) is 0 Å². The molecule has 0 saturated carbocycles. The zero-order valence-corrected chi connectivity index (χ0v) is 24.6. The van der Waals surface area contributed by atoms with Crippen LogP contribution in [-0.2, 0) is 18.9 Å². The van der Waals surface area contributed by atoms with Gasteiger partial charge in [0.2, 0.25) is 0 Å². The Kier molecular flexibility index (Phi) is 18.3. The summed E-state index contributed by atoms with van der Waals surface area (Å²) in [7, 11) is 3.11. The van der Waals surface area contributed by atoms with E-state index >= 15 is 0 Å². The molecule has 214 valence electrons. The first kappa shape index (κ1) is 34.9. The predicted octanol–water partition coefficient (Wildman–Crippen LogP) is 6.36. The number of benzene rings is 2. The van der Waals surface area contributed by atoms with Gasteiger partial charge in [-0.3, -0.25) is 0 Å². The van der Waals surface area contributed by atoms with Crippen LogP contribution < -0.4 is 9.47 Å². The molecule has 2 fully saturated rings. The fourth-order valence-electron chi connectivity index (χ4n) is 3.50. The first-order valence-electron chi connectivity index (χ1n) is 13.5. The molecule has 2 aliphatic heterocycles. The Morgan fingerprint density at radius 2 is 0.868 bits per heavy atom. The number of fused-ring (bicyclic) bond motifs is 1. The van der Waals surface area contributed by atoms with Crippen molar-refractivity contribution in [2.45, 2.75) is 79.8 Å². The van der Waals surface area contributed by atoms with Crippen molar-refractivity contribution in [1.82, 2.24) is 0 Å². The summed E-state index contributed by atoms with van der Waals surface area (Å²) in [5.41, 5.74) is 0.805. The highest BCUT2D eigenvalue weighted by atomic mass is 16.7. The Morgan fingerprint density at radius 1 is 0.579 bits per heavy atom. The number of esters is 2. The fraction of sp³-hybridized carbons (Fsp3) is 0.533. The number of rotatable bonds is 6. The van der Waals surface area contributed by atoms with Gasteiger partial charge in [-0.2, -0.15) is 0 Å². The summed E-state index contributed by atoms with van der Waals surface area (Å²) in [5, 5.41) is 0. The van der Waals surface area contributed by atoms with E-state index in [4.69, 9.17) is 28.4 Å². The number of hydrogen-bond donors (Lipinski definition) is 0. The molecule has 0 bridgehead atoms. The van der Waals surface area contributed by atoms with Gasteiger partial charge < -0.3 is 28.4 Å². The maximum atomic E-state index is 12.4. The monoisotopic (exact) mass is 534 g/mol. The van der Waals surface area contributed by atoms with E-state index in [-0.39, 0.29) is 13.2 Å². The van der Waals surface area contributed by atoms with Crippen LogP contribution in [0.2, 0.25) is 0 Å². The minimum Gasteiger partial charge on any atom is -0.497 e. The van der Waals surface area contributed by atoms with Crippen molar-refractivity contribution in [3.63, 3.8) is 0 Å². The lowest BCUT2D eigenvalue weighted by molar-refractivity contribution is -0.0287. The van der Waals surface area contributed by atoms with Gasteiger partial charge in [-0.15, -0.1) is 0 Å². The molecule has 0 aromatic heterocycles. The van der Waals surface area contributed by atoms with Crippen LogP contribution in [0.5, 0.6) is 11.5 Å². The molecule has 0 unspecified atom stereocenters. The smallest absolute Gasteiger partial charge is 0.338 e. The van der Waals surface area contributed by atoms with E-state index in [9.17, 15) is 9.59 Å². The van der Waals surface area contributed by atoms with Crippen LogP contribution in [-0.4, -0.2) is 63.8 Å². The molecule has 2 aromatic rings. The number of ether oxygens (including phenoxy) is 6. The van der Waals surface area contributed by atoms with Crippen molar-refractivity contribution in [2.75, 3.05) is 27.4 Å². The van der Waals surface area contributed by atoms with Gasteiger partial charge in [0, 0.05) is 0 Å². The average molecular weight is 535 g/mol. The van der Waals surface area contributed by atoms with E-state index in [1.807, 2.05) is 55.4 Å². The first-order valence-corrected chi connectivity index (χ1v) is 13.5. The van der Waals surface area contributed by atoms with Gasteiger partial charge in [-0.05, 0) is 48.5 Å². The standard InChI is InChI=1S/C22H22O8.4C2H6/c1-25-15-7-3-13(4-8-15)21(23)29-17-11-27-20-18(12-28-19(17)20)30-22(24)14-5-9-16(26-2)10-6-14;4*1-2/h3-10,17-20H,11-12H2,1-2H3;4*1-2H3/t17-,18-,19+,20+;;;;/m1..../s1. The minimum absolute atomic E-state index is 0.174. The molecule has 38 heavy (non-hydrogen) atoms. The topological polar surface area (TPSA) is 89.5 Å². The molecular weight excluding hydrogens is 488 g/mol. The quantitative estimate of drug-likeness (QED) is 0.396. The third kappa shape index (κ3) is 9.65. The molecular formula is C30H46O8. The van der Waals surface area contributed by atoms with E-state index in [0.717, 1.165) is 0 Å². The molecule has 2 aliphatic rings. The maximum Gasteiger partial charge on any atom is 0.338 e. The van der Waals surface area contributed by atoms with Crippen molar-refractivity contribution in [3.05, 3.63) is 59.7 Å². The lowest BCUT2D eigenvalue weighted by Crippen LogP contribution is -2.36. The number of carbonyl (C=O) groups excluding carboxylic acids is 2. The summed E-state index contributed by atoms with van der Waals surface area (Å²) in [4.78, 5) is 24.8. The molecule has 8 nitrogen and oxygen atoms in total. The molecule has 0 amide bonds. The summed E-state index contributed by atoms with van der Waals surface area (Å²) < 4.78 is 32.8. The van der Waals surface area contributed by atoms with Gasteiger partial charge in [-0.1, -0.05) is 55.4 Å². The summed E-state index contributed by atoms with van der Waals surface area (Å²) >= 11 is 0. The SMILES string of the molecule is CC.CC.CC.CC.COc1ccc(C(=O)O[C@@H]2CO[C@@H]3[C@H]2OC[C@H]3OC(=O)c2ccc(OC)cc2)cc1. The maximum absolute atomic E-state index is 12.4. The van der Waals surface area contributed by atoms with Gasteiger partial charge >= 0.3 is 11.9 Å². The molecule has 4 atom stereocenters. The van der Waals surface area contributed by atoms with Gasteiger partial charge in [0.15, 0.2) is 12.2 Å². The van der Waals surface area contributed by atoms with Gasteiger partial charge in [0.1, 0.15) is 23.7 Å². The van der Waals surface area contributed by atoms with E-state index in [1.54, 1.807) is 62.8 Å². The van der Waals surface area contributed by atoms with Crippen LogP contribution in [0.15, 0.2) is 48.5 Å². The Morgan fingerprint density at radius 3 is 1.13 bits per heavy atom. The Balaban J connectivity index is 0.00000157. The zero-order chi connectivity index (χ0) is 29.1. The summed E-state index contributed by atoms with van der Waals surface area (Å²) in [6, 6.07) is 13.3. The third-order valence-corrected chi connectivity index (χ3v) is 5.13. The van der Waals surface area contributed by atoms with Crippen LogP contribution >= 0.6 is 0 Å². The Labute approximate surface area is 228 Å². The molecule has 2 heterocycles. The molecule has 2 saturated heterocycles. The van der Waals surface area contributed by atoms with Crippen molar-refractivity contribution in [1.29, 1.82) is 0 Å². The number of methoxy groups -OCH3 is 2. The van der Waals surface area contributed by atoms with E-state index in [1.165, 1.54) is 0 Å². The summed E-state index contributed by atoms with van der Waals surface area (Å²) in [6.45, 7) is 16.3.